The topological polar surface area (TPSA) is 67.4 Å². The molecule has 0 saturated carbocycles. The lowest BCUT2D eigenvalue weighted by atomic mass is 10.1. The van der Waals surface area contributed by atoms with Gasteiger partial charge >= 0.3 is 0 Å². The van der Waals surface area contributed by atoms with Crippen LogP contribution < -0.4 is 10.2 Å². The Labute approximate surface area is 156 Å². The molecule has 1 N–H and O–H groups in total. The van der Waals surface area contributed by atoms with Crippen LogP contribution in [0, 0.1) is 0 Å². The van der Waals surface area contributed by atoms with E-state index in [2.05, 4.69) is 15.3 Å². The standard InChI is InChI=1S/C17H18Cl2N4O2/c18-14-2-1-12(15(19)9-14)3-4-20-16(24)13-10-21-17(22-11-13)23-5-7-25-8-6-23/h1-2,9-11H,3-8H2,(H,20,24). The number of anilines is 1. The second kappa shape index (κ2) is 8.47. The highest BCUT2D eigenvalue weighted by atomic mass is 35.5. The van der Waals surface area contributed by atoms with Crippen molar-refractivity contribution < 1.29 is 9.53 Å². The molecule has 1 fully saturated rings. The number of carbonyl (C=O) groups excluding carboxylic acids is 1. The number of amides is 1. The molecule has 0 unspecified atom stereocenters. The fourth-order valence-electron chi connectivity index (χ4n) is 2.50. The maximum absolute atomic E-state index is 12.2. The highest BCUT2D eigenvalue weighted by molar-refractivity contribution is 6.35. The van der Waals surface area contributed by atoms with Crippen molar-refractivity contribution in [2.45, 2.75) is 6.42 Å². The van der Waals surface area contributed by atoms with Crippen LogP contribution in [0.15, 0.2) is 30.6 Å². The Balaban J connectivity index is 1.52. The molecule has 8 heteroatoms. The zero-order valence-electron chi connectivity index (χ0n) is 13.5. The molecule has 0 atom stereocenters. The van der Waals surface area contributed by atoms with Crippen molar-refractivity contribution in [3.63, 3.8) is 0 Å². The van der Waals surface area contributed by atoms with Crippen LogP contribution in [0.3, 0.4) is 0 Å². The molecule has 0 radical (unpaired) electrons. The number of aromatic nitrogens is 2. The summed E-state index contributed by atoms with van der Waals surface area (Å²) in [6.07, 6.45) is 3.71. The third-order valence-corrected chi connectivity index (χ3v) is 4.48. The molecule has 1 aliphatic rings. The summed E-state index contributed by atoms with van der Waals surface area (Å²) >= 11 is 12.0. The van der Waals surface area contributed by atoms with Gasteiger partial charge in [0, 0.05) is 42.1 Å². The van der Waals surface area contributed by atoms with Gasteiger partial charge in [-0.1, -0.05) is 29.3 Å². The molecule has 25 heavy (non-hydrogen) atoms. The lowest BCUT2D eigenvalue weighted by molar-refractivity contribution is 0.0953. The van der Waals surface area contributed by atoms with Crippen LogP contribution in [-0.2, 0) is 11.2 Å². The predicted octanol–water partition coefficient (Wildman–Crippen LogP) is 2.59. The Morgan fingerprint density at radius 1 is 1.20 bits per heavy atom. The number of hydrogen-bond acceptors (Lipinski definition) is 5. The van der Waals surface area contributed by atoms with Gasteiger partial charge in [-0.3, -0.25) is 4.79 Å². The normalized spacial score (nSPS) is 14.4. The number of carbonyl (C=O) groups is 1. The Hall–Kier alpha value is -1.89. The van der Waals surface area contributed by atoms with Gasteiger partial charge in [0.25, 0.3) is 5.91 Å². The first-order valence-electron chi connectivity index (χ1n) is 8.00. The summed E-state index contributed by atoms with van der Waals surface area (Å²) in [4.78, 5) is 22.8. The Morgan fingerprint density at radius 2 is 1.92 bits per heavy atom. The zero-order valence-corrected chi connectivity index (χ0v) is 15.1. The monoisotopic (exact) mass is 380 g/mol. The number of rotatable bonds is 5. The Bertz CT molecular complexity index is 734. The maximum Gasteiger partial charge on any atom is 0.254 e. The van der Waals surface area contributed by atoms with Gasteiger partial charge in [0.05, 0.1) is 18.8 Å². The number of benzene rings is 1. The Morgan fingerprint density at radius 3 is 2.60 bits per heavy atom. The van der Waals surface area contributed by atoms with E-state index < -0.39 is 0 Å². The van der Waals surface area contributed by atoms with Gasteiger partial charge in [0.15, 0.2) is 0 Å². The third-order valence-electron chi connectivity index (χ3n) is 3.89. The van der Waals surface area contributed by atoms with Gasteiger partial charge in [-0.2, -0.15) is 0 Å². The fraction of sp³-hybridized carbons (Fsp3) is 0.353. The molecular weight excluding hydrogens is 363 g/mol. The van der Waals surface area contributed by atoms with E-state index in [4.69, 9.17) is 27.9 Å². The largest absolute Gasteiger partial charge is 0.378 e. The molecule has 2 heterocycles. The van der Waals surface area contributed by atoms with Crippen LogP contribution >= 0.6 is 23.2 Å². The number of nitrogens with zero attached hydrogens (tertiary/aromatic N) is 3. The minimum Gasteiger partial charge on any atom is -0.378 e. The summed E-state index contributed by atoms with van der Waals surface area (Å²) in [6, 6.07) is 5.33. The molecular formula is C17H18Cl2N4O2. The smallest absolute Gasteiger partial charge is 0.254 e. The van der Waals surface area contributed by atoms with Crippen LogP contribution in [0.5, 0.6) is 0 Å². The van der Waals surface area contributed by atoms with Crippen LogP contribution in [0.4, 0.5) is 5.95 Å². The summed E-state index contributed by atoms with van der Waals surface area (Å²) in [7, 11) is 0. The van der Waals surface area contributed by atoms with Crippen LogP contribution in [0.25, 0.3) is 0 Å². The third kappa shape index (κ3) is 4.81. The highest BCUT2D eigenvalue weighted by Crippen LogP contribution is 2.21. The first-order chi connectivity index (χ1) is 12.1. The van der Waals surface area contributed by atoms with Gasteiger partial charge in [-0.05, 0) is 24.1 Å². The fourth-order valence-corrected chi connectivity index (χ4v) is 3.01. The van der Waals surface area contributed by atoms with E-state index in [0.717, 1.165) is 18.7 Å². The van der Waals surface area contributed by atoms with Crippen molar-refractivity contribution >= 4 is 35.1 Å². The molecule has 6 nitrogen and oxygen atoms in total. The molecule has 1 saturated heterocycles. The first kappa shape index (κ1) is 17.9. The molecule has 132 valence electrons. The number of hydrogen-bond donors (Lipinski definition) is 1. The Kier molecular flexibility index (Phi) is 6.07. The quantitative estimate of drug-likeness (QED) is 0.863. The zero-order chi connectivity index (χ0) is 17.6. The molecule has 1 aliphatic heterocycles. The van der Waals surface area contributed by atoms with Crippen LogP contribution in [-0.4, -0.2) is 48.7 Å². The number of nitrogens with one attached hydrogen (secondary N) is 1. The summed E-state index contributed by atoms with van der Waals surface area (Å²) in [5.41, 5.74) is 1.37. The van der Waals surface area contributed by atoms with E-state index in [1.165, 1.54) is 0 Å². The lowest BCUT2D eigenvalue weighted by Gasteiger charge is -2.26. The van der Waals surface area contributed by atoms with Gasteiger partial charge in [-0.15, -0.1) is 0 Å². The van der Waals surface area contributed by atoms with Crippen LogP contribution in [0.1, 0.15) is 15.9 Å². The van der Waals surface area contributed by atoms with E-state index in [9.17, 15) is 4.79 Å². The van der Waals surface area contributed by atoms with Crippen molar-refractivity contribution in [1.82, 2.24) is 15.3 Å². The average molecular weight is 381 g/mol. The second-order valence-corrected chi connectivity index (χ2v) is 6.46. The molecule has 0 bridgehead atoms. The van der Waals surface area contributed by atoms with E-state index in [0.29, 0.717) is 47.7 Å². The van der Waals surface area contributed by atoms with E-state index >= 15 is 0 Å². The predicted molar refractivity (Wildman–Crippen MR) is 97.6 cm³/mol. The summed E-state index contributed by atoms with van der Waals surface area (Å²) in [5, 5.41) is 4.03. The van der Waals surface area contributed by atoms with Gasteiger partial charge in [-0.25, -0.2) is 9.97 Å². The van der Waals surface area contributed by atoms with Crippen molar-refractivity contribution in [3.8, 4) is 0 Å². The van der Waals surface area contributed by atoms with Crippen molar-refractivity contribution in [2.24, 2.45) is 0 Å². The van der Waals surface area contributed by atoms with Crippen molar-refractivity contribution in [3.05, 3.63) is 51.8 Å². The lowest BCUT2D eigenvalue weighted by Crippen LogP contribution is -2.37. The van der Waals surface area contributed by atoms with Gasteiger partial charge < -0.3 is 15.0 Å². The second-order valence-electron chi connectivity index (χ2n) is 5.61. The molecule has 0 spiro atoms. The minimum atomic E-state index is -0.210. The number of ether oxygens (including phenoxy) is 1. The molecule has 1 aromatic heterocycles. The van der Waals surface area contributed by atoms with E-state index in [1.807, 2.05) is 11.0 Å². The summed E-state index contributed by atoms with van der Waals surface area (Å²) in [6.45, 7) is 3.31. The highest BCUT2D eigenvalue weighted by Gasteiger charge is 2.14. The summed E-state index contributed by atoms with van der Waals surface area (Å²) in [5.74, 6) is 0.409. The van der Waals surface area contributed by atoms with Gasteiger partial charge in [0.2, 0.25) is 5.95 Å². The van der Waals surface area contributed by atoms with Crippen LogP contribution in [0.2, 0.25) is 10.0 Å². The molecule has 1 aromatic carbocycles. The molecule has 3 rings (SSSR count). The minimum absolute atomic E-state index is 0.210. The van der Waals surface area contributed by atoms with Crippen molar-refractivity contribution in [2.75, 3.05) is 37.7 Å². The first-order valence-corrected chi connectivity index (χ1v) is 8.76. The number of halogens is 2. The molecule has 2 aromatic rings. The number of morpholine rings is 1. The average Bonchev–Trinajstić information content (AvgIpc) is 2.64. The van der Waals surface area contributed by atoms with Crippen molar-refractivity contribution in [1.29, 1.82) is 0 Å². The van der Waals surface area contributed by atoms with E-state index in [-0.39, 0.29) is 5.91 Å². The maximum atomic E-state index is 12.2. The van der Waals surface area contributed by atoms with Gasteiger partial charge in [0.1, 0.15) is 0 Å². The SMILES string of the molecule is O=C(NCCc1ccc(Cl)cc1Cl)c1cnc(N2CCOCC2)nc1. The summed E-state index contributed by atoms with van der Waals surface area (Å²) < 4.78 is 5.30. The van der Waals surface area contributed by atoms with E-state index in [1.54, 1.807) is 24.5 Å². The molecule has 1 amide bonds. The molecule has 0 aliphatic carbocycles.